The van der Waals surface area contributed by atoms with Gasteiger partial charge in [0, 0.05) is 5.92 Å². The molecule has 0 amide bonds. The Balaban J connectivity index is 1.33. The molecule has 0 fully saturated rings. The summed E-state index contributed by atoms with van der Waals surface area (Å²) in [4.78, 5) is 12.1. The third-order valence-electron chi connectivity index (χ3n) is 4.80. The minimum Gasteiger partial charge on any atom is -0.465 e. The van der Waals surface area contributed by atoms with Gasteiger partial charge in [0.1, 0.15) is 6.61 Å². The molecule has 6 nitrogen and oxygen atoms in total. The van der Waals surface area contributed by atoms with Crippen LogP contribution in [0.25, 0.3) is 11.1 Å². The van der Waals surface area contributed by atoms with Crippen LogP contribution in [0.5, 0.6) is 0 Å². The molecule has 156 valence electrons. The number of hydrogen-bond acceptors (Lipinski definition) is 6. The molecule has 0 spiro atoms. The third kappa shape index (κ3) is 6.11. The molecule has 1 N–H and O–H groups in total. The van der Waals surface area contributed by atoms with Crippen molar-refractivity contribution in [1.29, 1.82) is 0 Å². The van der Waals surface area contributed by atoms with Gasteiger partial charge in [-0.25, -0.2) is 0 Å². The number of fused-ring (bicyclic) bond motifs is 3. The molecule has 1 aliphatic carbocycles. The first kappa shape index (κ1) is 21.5. The van der Waals surface area contributed by atoms with E-state index in [0.29, 0.717) is 46.2 Å². The Kier molecular flexibility index (Phi) is 8.64. The predicted molar refractivity (Wildman–Crippen MR) is 109 cm³/mol. The smallest absolute Gasteiger partial charge is 0.308 e. The van der Waals surface area contributed by atoms with Crippen LogP contribution in [0.1, 0.15) is 23.5 Å². The lowest BCUT2D eigenvalue weighted by molar-refractivity contribution is -0.145. The van der Waals surface area contributed by atoms with Crippen molar-refractivity contribution in [3.8, 4) is 11.1 Å². The van der Waals surface area contributed by atoms with Gasteiger partial charge in [-0.2, -0.15) is 0 Å². The van der Waals surface area contributed by atoms with Crippen LogP contribution in [-0.4, -0.2) is 63.9 Å². The molecule has 0 aliphatic heterocycles. The molecule has 6 heteroatoms. The van der Waals surface area contributed by atoms with Gasteiger partial charge in [-0.05, 0) is 22.3 Å². The van der Waals surface area contributed by atoms with Gasteiger partial charge in [-0.1, -0.05) is 48.5 Å². The van der Waals surface area contributed by atoms with E-state index in [1.54, 1.807) is 0 Å². The highest BCUT2D eigenvalue weighted by molar-refractivity contribution is 5.79. The number of carbonyl (C=O) groups excluding carboxylic acids is 1. The minimum absolute atomic E-state index is 0.0129. The maximum Gasteiger partial charge on any atom is 0.308 e. The van der Waals surface area contributed by atoms with Crippen molar-refractivity contribution in [2.75, 3.05) is 52.9 Å². The number of hydrogen-bond donors (Lipinski definition) is 1. The summed E-state index contributed by atoms with van der Waals surface area (Å²) in [5.74, 6) is -0.182. The summed E-state index contributed by atoms with van der Waals surface area (Å²) in [5.41, 5.74) is 4.85. The number of ether oxygens (including phenoxy) is 4. The van der Waals surface area contributed by atoms with E-state index in [-0.39, 0.29) is 24.9 Å². The Hall–Kier alpha value is -2.25. The Morgan fingerprint density at radius 3 is 1.86 bits per heavy atom. The topological polar surface area (TPSA) is 74.2 Å². The van der Waals surface area contributed by atoms with E-state index in [0.717, 1.165) is 0 Å². The SMILES string of the molecule is O=C(CCOCCOCCOCCO)OCC1c2ccccc2-c2ccccc21. The van der Waals surface area contributed by atoms with Crippen LogP contribution in [-0.2, 0) is 23.7 Å². The van der Waals surface area contributed by atoms with Gasteiger partial charge in [0.05, 0.1) is 52.7 Å². The lowest BCUT2D eigenvalue weighted by atomic mass is 9.98. The summed E-state index contributed by atoms with van der Waals surface area (Å²) in [6.45, 7) is 2.73. The molecule has 1 aliphatic rings. The average molecular weight is 400 g/mol. The molecule has 0 heterocycles. The molecular weight excluding hydrogens is 372 g/mol. The molecule has 2 aromatic rings. The van der Waals surface area contributed by atoms with Gasteiger partial charge < -0.3 is 24.1 Å². The van der Waals surface area contributed by atoms with E-state index in [4.69, 9.17) is 24.1 Å². The summed E-state index contributed by atoms with van der Waals surface area (Å²) >= 11 is 0. The highest BCUT2D eigenvalue weighted by Gasteiger charge is 2.28. The highest BCUT2D eigenvalue weighted by Crippen LogP contribution is 2.44. The van der Waals surface area contributed by atoms with Crippen LogP contribution in [0.3, 0.4) is 0 Å². The summed E-state index contributed by atoms with van der Waals surface area (Å²) in [6, 6.07) is 16.6. The number of aliphatic hydroxyl groups is 1. The molecule has 2 aromatic carbocycles. The van der Waals surface area contributed by atoms with Gasteiger partial charge in [0.25, 0.3) is 0 Å². The average Bonchev–Trinajstić information content (AvgIpc) is 3.07. The summed E-state index contributed by atoms with van der Waals surface area (Å²) in [7, 11) is 0. The van der Waals surface area contributed by atoms with Crippen molar-refractivity contribution in [1.82, 2.24) is 0 Å². The molecule has 0 radical (unpaired) electrons. The fourth-order valence-electron chi connectivity index (χ4n) is 3.45. The number of benzene rings is 2. The first-order valence-electron chi connectivity index (χ1n) is 9.99. The second-order valence-electron chi connectivity index (χ2n) is 6.72. The fraction of sp³-hybridized carbons (Fsp3) is 0.435. The standard InChI is InChI=1S/C23H28O6/c24-10-12-27-14-16-28-15-13-26-11-9-23(25)29-17-22-20-7-3-1-5-18(20)19-6-2-4-8-21(19)22/h1-8,22,24H,9-17H2. The highest BCUT2D eigenvalue weighted by atomic mass is 16.6. The maximum absolute atomic E-state index is 12.1. The number of rotatable bonds is 13. The molecule has 0 aromatic heterocycles. The van der Waals surface area contributed by atoms with E-state index in [9.17, 15) is 4.79 Å². The van der Waals surface area contributed by atoms with E-state index in [1.165, 1.54) is 22.3 Å². The second-order valence-corrected chi connectivity index (χ2v) is 6.72. The van der Waals surface area contributed by atoms with Crippen LogP contribution < -0.4 is 0 Å². The molecule has 0 saturated heterocycles. The zero-order valence-corrected chi connectivity index (χ0v) is 16.5. The maximum atomic E-state index is 12.1. The van der Waals surface area contributed by atoms with Crippen LogP contribution in [0.2, 0.25) is 0 Å². The van der Waals surface area contributed by atoms with Crippen molar-refractivity contribution >= 4 is 5.97 Å². The molecule has 0 saturated carbocycles. The van der Waals surface area contributed by atoms with E-state index in [1.807, 2.05) is 24.3 Å². The largest absolute Gasteiger partial charge is 0.465 e. The summed E-state index contributed by atoms with van der Waals surface area (Å²) in [5, 5.41) is 8.57. The first-order valence-corrected chi connectivity index (χ1v) is 9.99. The van der Waals surface area contributed by atoms with Gasteiger partial charge in [0.15, 0.2) is 0 Å². The normalized spacial score (nSPS) is 12.6. The quantitative estimate of drug-likeness (QED) is 0.412. The van der Waals surface area contributed by atoms with Gasteiger partial charge in [0.2, 0.25) is 0 Å². The summed E-state index contributed by atoms with van der Waals surface area (Å²) < 4.78 is 21.3. The van der Waals surface area contributed by atoms with Crippen LogP contribution >= 0.6 is 0 Å². The van der Waals surface area contributed by atoms with E-state index >= 15 is 0 Å². The minimum atomic E-state index is -0.259. The number of carbonyl (C=O) groups is 1. The number of esters is 1. The Bertz CT molecular complexity index is 730. The van der Waals surface area contributed by atoms with E-state index < -0.39 is 0 Å². The van der Waals surface area contributed by atoms with Crippen molar-refractivity contribution in [3.63, 3.8) is 0 Å². The number of aliphatic hydroxyl groups excluding tert-OH is 1. The van der Waals surface area contributed by atoms with Gasteiger partial charge in [-0.3, -0.25) is 4.79 Å². The Morgan fingerprint density at radius 1 is 0.759 bits per heavy atom. The molecule has 0 atom stereocenters. The zero-order valence-electron chi connectivity index (χ0n) is 16.5. The molecular formula is C23H28O6. The molecule has 0 bridgehead atoms. The zero-order chi connectivity index (χ0) is 20.3. The predicted octanol–water partition coefficient (Wildman–Crippen LogP) is 2.77. The van der Waals surface area contributed by atoms with E-state index in [2.05, 4.69) is 24.3 Å². The van der Waals surface area contributed by atoms with Crippen LogP contribution in [0, 0.1) is 0 Å². The van der Waals surface area contributed by atoms with Gasteiger partial charge in [-0.15, -0.1) is 0 Å². The molecule has 3 rings (SSSR count). The van der Waals surface area contributed by atoms with Crippen LogP contribution in [0.15, 0.2) is 48.5 Å². The van der Waals surface area contributed by atoms with Crippen molar-refractivity contribution in [2.24, 2.45) is 0 Å². The molecule has 0 unspecified atom stereocenters. The van der Waals surface area contributed by atoms with Crippen LogP contribution in [0.4, 0.5) is 0 Å². The third-order valence-corrected chi connectivity index (χ3v) is 4.80. The molecule has 29 heavy (non-hydrogen) atoms. The summed E-state index contributed by atoms with van der Waals surface area (Å²) in [6.07, 6.45) is 0.218. The second kappa shape index (κ2) is 11.7. The Morgan fingerprint density at radius 2 is 1.28 bits per heavy atom. The first-order chi connectivity index (χ1) is 14.3. The van der Waals surface area contributed by atoms with Crippen molar-refractivity contribution < 1.29 is 28.8 Å². The van der Waals surface area contributed by atoms with Gasteiger partial charge >= 0.3 is 5.97 Å². The lowest BCUT2D eigenvalue weighted by Gasteiger charge is -2.14. The Labute approximate surface area is 171 Å². The monoisotopic (exact) mass is 400 g/mol. The van der Waals surface area contributed by atoms with Crippen molar-refractivity contribution in [3.05, 3.63) is 59.7 Å². The van der Waals surface area contributed by atoms with Crippen molar-refractivity contribution in [2.45, 2.75) is 12.3 Å². The fourth-order valence-corrected chi connectivity index (χ4v) is 3.45. The lowest BCUT2D eigenvalue weighted by Crippen LogP contribution is -2.15.